The fourth-order valence-electron chi connectivity index (χ4n) is 1.04. The first-order chi connectivity index (χ1) is 6.88. The molecule has 1 rings (SSSR count). The maximum Gasteiger partial charge on any atom is 0.342 e. The third kappa shape index (κ3) is 2.31. The van der Waals surface area contributed by atoms with Gasteiger partial charge in [-0.2, -0.15) is 0 Å². The van der Waals surface area contributed by atoms with Crippen molar-refractivity contribution in [2.75, 3.05) is 7.11 Å². The molecule has 0 aromatic heterocycles. The molecular formula is C8H8FNO4S. The van der Waals surface area contributed by atoms with E-state index >= 15 is 0 Å². The number of ether oxygens (including phenoxy) is 1. The zero-order chi connectivity index (χ0) is 11.6. The van der Waals surface area contributed by atoms with Crippen molar-refractivity contribution in [2.24, 2.45) is 5.14 Å². The van der Waals surface area contributed by atoms with E-state index in [1.807, 2.05) is 0 Å². The summed E-state index contributed by atoms with van der Waals surface area (Å²) in [4.78, 5) is 10.5. The lowest BCUT2D eigenvalue weighted by Gasteiger charge is -2.06. The summed E-state index contributed by atoms with van der Waals surface area (Å²) in [6, 6.07) is 3.12. The second-order valence-electron chi connectivity index (χ2n) is 2.65. The predicted octanol–water partition coefficient (Wildman–Crippen LogP) is 0.260. The van der Waals surface area contributed by atoms with Gasteiger partial charge in [-0.1, -0.05) is 6.07 Å². The lowest BCUT2D eigenvalue weighted by atomic mass is 10.2. The van der Waals surface area contributed by atoms with Crippen molar-refractivity contribution in [3.8, 4) is 0 Å². The number of benzene rings is 1. The number of halogens is 1. The molecule has 0 aliphatic heterocycles. The van der Waals surface area contributed by atoms with Gasteiger partial charge in [-0.15, -0.1) is 0 Å². The van der Waals surface area contributed by atoms with Crippen LogP contribution in [0.2, 0.25) is 0 Å². The molecule has 0 aliphatic rings. The first-order valence-electron chi connectivity index (χ1n) is 3.77. The molecule has 0 fully saturated rings. The first kappa shape index (κ1) is 11.6. The number of carbonyl (C=O) groups excluding carboxylic acids is 1. The molecule has 0 aliphatic carbocycles. The Morgan fingerprint density at radius 3 is 2.53 bits per heavy atom. The number of primary sulfonamides is 1. The molecule has 0 radical (unpaired) electrons. The van der Waals surface area contributed by atoms with Crippen molar-refractivity contribution in [3.63, 3.8) is 0 Å². The zero-order valence-electron chi connectivity index (χ0n) is 7.73. The molecule has 5 nitrogen and oxygen atoms in total. The van der Waals surface area contributed by atoms with Crippen LogP contribution in [-0.2, 0) is 14.8 Å². The summed E-state index contributed by atoms with van der Waals surface area (Å²) < 4.78 is 39.5. The molecule has 2 N–H and O–H groups in total. The minimum Gasteiger partial charge on any atom is -0.465 e. The van der Waals surface area contributed by atoms with Gasteiger partial charge in [-0.3, -0.25) is 0 Å². The molecular weight excluding hydrogens is 225 g/mol. The smallest absolute Gasteiger partial charge is 0.342 e. The summed E-state index contributed by atoms with van der Waals surface area (Å²) in [5.41, 5.74) is -0.678. The predicted molar refractivity (Wildman–Crippen MR) is 49.1 cm³/mol. The lowest BCUT2D eigenvalue weighted by Crippen LogP contribution is -2.18. The highest BCUT2D eigenvalue weighted by atomic mass is 32.2. The van der Waals surface area contributed by atoms with Crippen molar-refractivity contribution >= 4 is 16.0 Å². The molecule has 0 amide bonds. The van der Waals surface area contributed by atoms with Gasteiger partial charge >= 0.3 is 5.97 Å². The van der Waals surface area contributed by atoms with Gasteiger partial charge in [0.2, 0.25) is 10.0 Å². The van der Waals surface area contributed by atoms with Crippen molar-refractivity contribution < 1.29 is 22.3 Å². The number of hydrogen-bond donors (Lipinski definition) is 1. The average Bonchev–Trinajstić information content (AvgIpc) is 2.15. The summed E-state index contributed by atoms with van der Waals surface area (Å²) in [5, 5.41) is 4.82. The van der Waals surface area contributed by atoms with Crippen molar-refractivity contribution in [2.45, 2.75) is 4.90 Å². The Labute approximate surface area is 85.7 Å². The Bertz CT molecular complexity index is 497. The van der Waals surface area contributed by atoms with E-state index in [1.165, 1.54) is 0 Å². The highest BCUT2D eigenvalue weighted by Crippen LogP contribution is 2.18. The maximum absolute atomic E-state index is 13.2. The van der Waals surface area contributed by atoms with E-state index in [4.69, 9.17) is 5.14 Å². The highest BCUT2D eigenvalue weighted by molar-refractivity contribution is 7.89. The van der Waals surface area contributed by atoms with E-state index in [0.29, 0.717) is 0 Å². The summed E-state index contributed by atoms with van der Waals surface area (Å²) in [6.07, 6.45) is 0. The van der Waals surface area contributed by atoms with Crippen LogP contribution >= 0.6 is 0 Å². The Morgan fingerprint density at radius 2 is 2.07 bits per heavy atom. The monoisotopic (exact) mass is 233 g/mol. The molecule has 0 heterocycles. The van der Waals surface area contributed by atoms with Crippen molar-refractivity contribution in [1.82, 2.24) is 0 Å². The standard InChI is InChI=1S/C8H8FNO4S/c1-14-8(11)7-5(9)3-2-4-6(7)15(10,12)13/h2-4H,1H3,(H2,10,12,13). The Morgan fingerprint density at radius 1 is 1.47 bits per heavy atom. The summed E-state index contributed by atoms with van der Waals surface area (Å²) in [6.45, 7) is 0. The molecule has 0 spiro atoms. The second-order valence-corrected chi connectivity index (χ2v) is 4.18. The number of sulfonamides is 1. The minimum absolute atomic E-state index is 0.589. The van der Waals surface area contributed by atoms with Crippen LogP contribution in [0.3, 0.4) is 0 Å². The number of esters is 1. The van der Waals surface area contributed by atoms with Gasteiger partial charge in [0, 0.05) is 0 Å². The summed E-state index contributed by atoms with van der Waals surface area (Å²) >= 11 is 0. The summed E-state index contributed by atoms with van der Waals surface area (Å²) in [7, 11) is -3.14. The molecule has 82 valence electrons. The lowest BCUT2D eigenvalue weighted by molar-refractivity contribution is 0.0590. The normalized spacial score (nSPS) is 11.1. The molecule has 7 heteroatoms. The largest absolute Gasteiger partial charge is 0.465 e. The van der Waals surface area contributed by atoms with E-state index < -0.39 is 32.3 Å². The van der Waals surface area contributed by atoms with Gasteiger partial charge in [0.1, 0.15) is 11.4 Å². The molecule has 0 atom stereocenters. The molecule has 0 saturated carbocycles. The van der Waals surface area contributed by atoms with Gasteiger partial charge < -0.3 is 4.74 Å². The van der Waals surface area contributed by atoms with E-state index in [1.54, 1.807) is 0 Å². The Kier molecular flexibility index (Phi) is 3.06. The number of nitrogens with two attached hydrogens (primary N) is 1. The zero-order valence-corrected chi connectivity index (χ0v) is 8.55. The Hall–Kier alpha value is -1.47. The fraction of sp³-hybridized carbons (Fsp3) is 0.125. The van der Waals surface area contributed by atoms with Crippen molar-refractivity contribution in [3.05, 3.63) is 29.6 Å². The maximum atomic E-state index is 13.2. The minimum atomic E-state index is -4.15. The van der Waals surface area contributed by atoms with Crippen LogP contribution in [0.1, 0.15) is 10.4 Å². The third-order valence-electron chi connectivity index (χ3n) is 1.67. The van der Waals surface area contributed by atoms with Crippen LogP contribution in [0.4, 0.5) is 4.39 Å². The first-order valence-corrected chi connectivity index (χ1v) is 5.32. The van der Waals surface area contributed by atoms with E-state index in [-0.39, 0.29) is 0 Å². The van der Waals surface area contributed by atoms with Crippen LogP contribution in [0, 0.1) is 5.82 Å². The number of carbonyl (C=O) groups is 1. The van der Waals surface area contributed by atoms with Gasteiger partial charge in [0.05, 0.1) is 12.0 Å². The molecule has 15 heavy (non-hydrogen) atoms. The molecule has 0 unspecified atom stereocenters. The van der Waals surface area contributed by atoms with Gasteiger partial charge in [0.15, 0.2) is 0 Å². The SMILES string of the molecule is COC(=O)c1c(F)cccc1S(N)(=O)=O. The third-order valence-corrected chi connectivity index (χ3v) is 2.62. The van der Waals surface area contributed by atoms with Gasteiger partial charge in [0.25, 0.3) is 0 Å². The average molecular weight is 233 g/mol. The van der Waals surface area contributed by atoms with Crippen molar-refractivity contribution in [1.29, 1.82) is 0 Å². The fourth-order valence-corrected chi connectivity index (χ4v) is 1.78. The molecule has 1 aromatic rings. The number of methoxy groups -OCH3 is 1. The summed E-state index contributed by atoms with van der Waals surface area (Å²) in [5.74, 6) is -2.08. The number of hydrogen-bond acceptors (Lipinski definition) is 4. The van der Waals surface area contributed by atoms with Crippen LogP contribution in [0.15, 0.2) is 23.1 Å². The van der Waals surface area contributed by atoms with E-state index in [2.05, 4.69) is 4.74 Å². The van der Waals surface area contributed by atoms with Gasteiger partial charge in [-0.25, -0.2) is 22.7 Å². The van der Waals surface area contributed by atoms with Crippen LogP contribution < -0.4 is 5.14 Å². The van der Waals surface area contributed by atoms with E-state index in [9.17, 15) is 17.6 Å². The topological polar surface area (TPSA) is 86.5 Å². The molecule has 0 saturated heterocycles. The van der Waals surface area contributed by atoms with E-state index in [0.717, 1.165) is 25.3 Å². The second kappa shape index (κ2) is 3.95. The highest BCUT2D eigenvalue weighted by Gasteiger charge is 2.23. The molecule has 1 aromatic carbocycles. The van der Waals surface area contributed by atoms with Gasteiger partial charge in [-0.05, 0) is 12.1 Å². The van der Waals surface area contributed by atoms with Crippen LogP contribution in [0.25, 0.3) is 0 Å². The van der Waals surface area contributed by atoms with Crippen LogP contribution in [-0.4, -0.2) is 21.5 Å². The quantitative estimate of drug-likeness (QED) is 0.742. The van der Waals surface area contributed by atoms with Crippen LogP contribution in [0.5, 0.6) is 0 Å². The number of rotatable bonds is 2. The molecule has 0 bridgehead atoms. The Balaban J connectivity index is 3.54.